The van der Waals surface area contributed by atoms with Crippen molar-refractivity contribution in [3.63, 3.8) is 0 Å². The number of benzene rings is 2. The number of rotatable bonds is 2. The van der Waals surface area contributed by atoms with Crippen LogP contribution in [0.1, 0.15) is 16.1 Å². The molecule has 25 heavy (non-hydrogen) atoms. The van der Waals surface area contributed by atoms with Crippen molar-refractivity contribution < 1.29 is 14.0 Å². The third-order valence-electron chi connectivity index (χ3n) is 4.37. The van der Waals surface area contributed by atoms with Crippen LogP contribution in [-0.2, 0) is 11.2 Å². The Morgan fingerprint density at radius 1 is 1.08 bits per heavy atom. The summed E-state index contributed by atoms with van der Waals surface area (Å²) < 4.78 is 5.62. The number of hydrogen-bond acceptors (Lipinski definition) is 4. The molecule has 3 aromatic rings. The first-order valence-electron chi connectivity index (χ1n) is 7.80. The highest BCUT2D eigenvalue weighted by atomic mass is 16.3. The summed E-state index contributed by atoms with van der Waals surface area (Å²) in [6.45, 7) is 0. The lowest BCUT2D eigenvalue weighted by atomic mass is 10.1. The largest absolute Gasteiger partial charge is 0.451 e. The van der Waals surface area contributed by atoms with E-state index in [9.17, 15) is 14.4 Å². The van der Waals surface area contributed by atoms with Crippen molar-refractivity contribution in [1.82, 2.24) is 0 Å². The van der Waals surface area contributed by atoms with Crippen LogP contribution < -0.4 is 16.1 Å². The number of nitrogens with zero attached hydrogens (tertiary/aromatic N) is 1. The van der Waals surface area contributed by atoms with E-state index in [1.165, 1.54) is 4.90 Å². The minimum Gasteiger partial charge on any atom is -0.451 e. The normalized spacial score (nSPS) is 16.0. The molecule has 0 saturated carbocycles. The quantitative estimate of drug-likeness (QED) is 0.774. The van der Waals surface area contributed by atoms with Gasteiger partial charge in [-0.3, -0.25) is 19.3 Å². The second-order valence-electron chi connectivity index (χ2n) is 5.90. The number of para-hydroxylation sites is 2. The second-order valence-corrected chi connectivity index (χ2v) is 5.90. The van der Waals surface area contributed by atoms with E-state index in [0.29, 0.717) is 23.1 Å². The van der Waals surface area contributed by atoms with Crippen LogP contribution >= 0.6 is 0 Å². The lowest BCUT2D eigenvalue weighted by Crippen LogP contribution is -2.46. The molecule has 0 aliphatic carbocycles. The molecule has 1 aliphatic heterocycles. The highest BCUT2D eigenvalue weighted by Crippen LogP contribution is 2.33. The molecule has 2 heterocycles. The highest BCUT2D eigenvalue weighted by Gasteiger charge is 2.38. The highest BCUT2D eigenvalue weighted by molar-refractivity contribution is 6.10. The molecule has 0 saturated heterocycles. The molecule has 1 aromatic heterocycles. The zero-order chi connectivity index (χ0) is 17.6. The van der Waals surface area contributed by atoms with E-state index in [1.807, 2.05) is 12.1 Å². The summed E-state index contributed by atoms with van der Waals surface area (Å²) in [6.07, 6.45) is 0.342. The lowest BCUT2D eigenvalue weighted by molar-refractivity contribution is -0.119. The van der Waals surface area contributed by atoms with Crippen molar-refractivity contribution in [3.8, 4) is 0 Å². The smallest absolute Gasteiger partial charge is 0.294 e. The van der Waals surface area contributed by atoms with Gasteiger partial charge in [-0.05, 0) is 23.8 Å². The predicted octanol–water partition coefficient (Wildman–Crippen LogP) is 1.85. The van der Waals surface area contributed by atoms with Gasteiger partial charge in [0.1, 0.15) is 11.6 Å². The topological polar surface area (TPSA) is 93.6 Å². The fraction of sp³-hybridized carbons (Fsp3) is 0.105. The Labute approximate surface area is 142 Å². The maximum absolute atomic E-state index is 13.0. The molecule has 2 aromatic carbocycles. The van der Waals surface area contributed by atoms with Gasteiger partial charge in [0.2, 0.25) is 5.91 Å². The van der Waals surface area contributed by atoms with E-state index >= 15 is 0 Å². The van der Waals surface area contributed by atoms with Gasteiger partial charge in [0.15, 0.2) is 11.2 Å². The van der Waals surface area contributed by atoms with Gasteiger partial charge in [0.05, 0.1) is 5.39 Å². The van der Waals surface area contributed by atoms with Gasteiger partial charge >= 0.3 is 0 Å². The number of nitrogens with two attached hydrogens (primary N) is 1. The van der Waals surface area contributed by atoms with Crippen LogP contribution in [-0.4, -0.2) is 17.9 Å². The fourth-order valence-electron chi connectivity index (χ4n) is 3.19. The van der Waals surface area contributed by atoms with Gasteiger partial charge in [-0.1, -0.05) is 30.3 Å². The minimum atomic E-state index is -0.804. The van der Waals surface area contributed by atoms with Crippen molar-refractivity contribution in [2.24, 2.45) is 5.73 Å². The Balaban J connectivity index is 1.84. The molecule has 0 bridgehead atoms. The van der Waals surface area contributed by atoms with Crippen LogP contribution in [0.15, 0.2) is 63.8 Å². The van der Waals surface area contributed by atoms with Crippen LogP contribution in [0.4, 0.5) is 5.69 Å². The molecular weight excluding hydrogens is 320 g/mol. The third-order valence-corrected chi connectivity index (χ3v) is 4.37. The first-order chi connectivity index (χ1) is 12.1. The predicted molar refractivity (Wildman–Crippen MR) is 92.4 cm³/mol. The Bertz CT molecular complexity index is 1070. The van der Waals surface area contributed by atoms with E-state index in [2.05, 4.69) is 0 Å². The summed E-state index contributed by atoms with van der Waals surface area (Å²) >= 11 is 0. The zero-order valence-corrected chi connectivity index (χ0v) is 13.1. The molecule has 2 N–H and O–H groups in total. The molecule has 1 aliphatic rings. The monoisotopic (exact) mass is 334 g/mol. The molecule has 0 fully saturated rings. The van der Waals surface area contributed by atoms with Crippen molar-refractivity contribution in [2.75, 3.05) is 4.90 Å². The van der Waals surface area contributed by atoms with Gasteiger partial charge in [-0.25, -0.2) is 0 Å². The van der Waals surface area contributed by atoms with Crippen LogP contribution in [0, 0.1) is 0 Å². The van der Waals surface area contributed by atoms with Crippen LogP contribution in [0.3, 0.4) is 0 Å². The van der Waals surface area contributed by atoms with E-state index in [4.69, 9.17) is 10.2 Å². The number of carbonyl (C=O) groups is 2. The molecule has 1 atom stereocenters. The molecule has 2 amide bonds. The molecule has 6 heteroatoms. The SMILES string of the molecule is NC(=O)[C@@H]1Cc2ccccc2N1C(=O)c1cc(=O)c2ccccc2o1. The second kappa shape index (κ2) is 5.59. The van der Waals surface area contributed by atoms with E-state index in [1.54, 1.807) is 36.4 Å². The zero-order valence-electron chi connectivity index (χ0n) is 13.1. The third kappa shape index (κ3) is 2.39. The fourth-order valence-corrected chi connectivity index (χ4v) is 3.19. The average molecular weight is 334 g/mol. The molecule has 0 radical (unpaired) electrons. The Morgan fingerprint density at radius 2 is 1.80 bits per heavy atom. The summed E-state index contributed by atoms with van der Waals surface area (Å²) in [4.78, 5) is 38.4. The number of amides is 2. The van der Waals surface area contributed by atoms with Crippen molar-refractivity contribution in [2.45, 2.75) is 12.5 Å². The molecule has 124 valence electrons. The summed E-state index contributed by atoms with van der Waals surface area (Å²) in [5.74, 6) is -1.28. The molecule has 4 rings (SSSR count). The summed E-state index contributed by atoms with van der Waals surface area (Å²) in [7, 11) is 0. The van der Waals surface area contributed by atoms with Crippen LogP contribution in [0.25, 0.3) is 11.0 Å². The van der Waals surface area contributed by atoms with Gasteiger partial charge in [-0.2, -0.15) is 0 Å². The van der Waals surface area contributed by atoms with Crippen molar-refractivity contribution in [1.29, 1.82) is 0 Å². The number of hydrogen-bond donors (Lipinski definition) is 1. The number of anilines is 1. The van der Waals surface area contributed by atoms with Gasteiger partial charge < -0.3 is 10.2 Å². The van der Waals surface area contributed by atoms with Crippen LogP contribution in [0.5, 0.6) is 0 Å². The Morgan fingerprint density at radius 3 is 2.60 bits per heavy atom. The number of primary amides is 1. The average Bonchev–Trinajstić information content (AvgIpc) is 3.01. The summed E-state index contributed by atoms with van der Waals surface area (Å²) in [6, 6.07) is 14.2. The number of carbonyl (C=O) groups excluding carboxylic acids is 2. The van der Waals surface area contributed by atoms with Gasteiger partial charge in [0, 0.05) is 18.2 Å². The standard InChI is InChI=1S/C19H14N2O4/c20-18(23)14-9-11-5-1-3-7-13(11)21(14)19(24)17-10-15(22)12-6-2-4-8-16(12)25-17/h1-8,10,14H,9H2,(H2,20,23)/t14-/m0/s1. The van der Waals surface area contributed by atoms with E-state index in [0.717, 1.165) is 11.6 Å². The first-order valence-corrected chi connectivity index (χ1v) is 7.80. The summed E-state index contributed by atoms with van der Waals surface area (Å²) in [5, 5.41) is 0.396. The Kier molecular flexibility index (Phi) is 3.39. The maximum Gasteiger partial charge on any atom is 0.294 e. The molecule has 0 unspecified atom stereocenters. The molecular formula is C19H14N2O4. The van der Waals surface area contributed by atoms with Crippen molar-refractivity contribution >= 4 is 28.5 Å². The Hall–Kier alpha value is -3.41. The molecule has 0 spiro atoms. The summed E-state index contributed by atoms with van der Waals surface area (Å²) in [5.41, 5.74) is 6.94. The number of fused-ring (bicyclic) bond motifs is 2. The minimum absolute atomic E-state index is 0.119. The van der Waals surface area contributed by atoms with Crippen LogP contribution in [0.2, 0.25) is 0 Å². The molecule has 6 nitrogen and oxygen atoms in total. The van der Waals surface area contributed by atoms with Gasteiger partial charge in [-0.15, -0.1) is 0 Å². The first kappa shape index (κ1) is 15.1. The maximum atomic E-state index is 13.0. The van der Waals surface area contributed by atoms with Gasteiger partial charge in [0.25, 0.3) is 5.91 Å². The van der Waals surface area contributed by atoms with E-state index in [-0.39, 0.29) is 11.2 Å². The van der Waals surface area contributed by atoms with E-state index < -0.39 is 17.9 Å². The lowest BCUT2D eigenvalue weighted by Gasteiger charge is -2.22. The van der Waals surface area contributed by atoms with Crippen molar-refractivity contribution in [3.05, 3.63) is 76.1 Å².